The molecule has 0 aliphatic carbocycles. The Morgan fingerprint density at radius 3 is 2.89 bits per heavy atom. The molecule has 0 saturated heterocycles. The third-order valence-corrected chi connectivity index (χ3v) is 3.31. The van der Waals surface area contributed by atoms with Gasteiger partial charge in [-0.2, -0.15) is 5.10 Å². The molecule has 2 aromatic rings. The smallest absolute Gasteiger partial charge is 0.0602 e. The number of aryl methyl sites for hydroxylation is 3. The van der Waals surface area contributed by atoms with Crippen LogP contribution in [0.25, 0.3) is 0 Å². The van der Waals surface area contributed by atoms with E-state index in [2.05, 4.69) is 41.5 Å². The molecule has 0 spiro atoms. The molecule has 19 heavy (non-hydrogen) atoms. The van der Waals surface area contributed by atoms with E-state index in [1.807, 2.05) is 30.2 Å². The Kier molecular flexibility index (Phi) is 4.68. The highest BCUT2D eigenvalue weighted by Gasteiger charge is 2.14. The summed E-state index contributed by atoms with van der Waals surface area (Å²) in [6.45, 7) is 5.21. The van der Waals surface area contributed by atoms with Crippen molar-refractivity contribution in [3.63, 3.8) is 0 Å². The van der Waals surface area contributed by atoms with Crippen LogP contribution in [0.15, 0.2) is 30.7 Å². The normalized spacial score (nSPS) is 12.6. The minimum absolute atomic E-state index is 0.311. The number of pyridine rings is 1. The van der Waals surface area contributed by atoms with Crippen LogP contribution in [0, 0.1) is 6.92 Å². The van der Waals surface area contributed by atoms with Gasteiger partial charge in [0.2, 0.25) is 0 Å². The van der Waals surface area contributed by atoms with Crippen LogP contribution in [0.4, 0.5) is 0 Å². The molecule has 0 radical (unpaired) electrons. The first-order valence-electron chi connectivity index (χ1n) is 6.83. The highest BCUT2D eigenvalue weighted by atomic mass is 15.2. The van der Waals surface area contributed by atoms with E-state index in [-0.39, 0.29) is 0 Å². The number of aromatic nitrogens is 3. The van der Waals surface area contributed by atoms with Gasteiger partial charge < -0.3 is 5.32 Å². The molecule has 0 bridgehead atoms. The molecule has 2 aromatic heterocycles. The Bertz CT molecular complexity index is 518. The van der Waals surface area contributed by atoms with Crippen LogP contribution in [0.3, 0.4) is 0 Å². The topological polar surface area (TPSA) is 42.7 Å². The molecule has 4 heteroatoms. The van der Waals surface area contributed by atoms with Crippen molar-refractivity contribution in [1.29, 1.82) is 0 Å². The van der Waals surface area contributed by atoms with Crippen LogP contribution in [0.1, 0.15) is 36.2 Å². The van der Waals surface area contributed by atoms with Gasteiger partial charge in [0.1, 0.15) is 0 Å². The third kappa shape index (κ3) is 3.64. The van der Waals surface area contributed by atoms with Crippen molar-refractivity contribution in [3.05, 3.63) is 47.5 Å². The summed E-state index contributed by atoms with van der Waals surface area (Å²) in [5, 5.41) is 7.74. The minimum atomic E-state index is 0.311. The summed E-state index contributed by atoms with van der Waals surface area (Å²) in [4.78, 5) is 4.53. The molecule has 0 aromatic carbocycles. The standard InChI is InChI=1S/C15H22N4/c1-4-16-14(15-12(2)6-5-9-17-15)8-7-13-10-18-19(3)11-13/h5-6,9-11,14,16H,4,7-8H2,1-3H3. The molecule has 1 atom stereocenters. The summed E-state index contributed by atoms with van der Waals surface area (Å²) < 4.78 is 1.85. The SMILES string of the molecule is CCNC(CCc1cnn(C)c1)c1ncccc1C. The Morgan fingerprint density at radius 2 is 2.26 bits per heavy atom. The molecule has 0 aliphatic rings. The molecule has 1 N–H and O–H groups in total. The average molecular weight is 258 g/mol. The zero-order chi connectivity index (χ0) is 13.7. The number of hydrogen-bond acceptors (Lipinski definition) is 3. The number of rotatable bonds is 6. The van der Waals surface area contributed by atoms with Crippen molar-refractivity contribution in [2.75, 3.05) is 6.54 Å². The number of nitrogens with zero attached hydrogens (tertiary/aromatic N) is 3. The Labute approximate surface area is 114 Å². The maximum Gasteiger partial charge on any atom is 0.0602 e. The van der Waals surface area contributed by atoms with Gasteiger partial charge in [-0.3, -0.25) is 9.67 Å². The van der Waals surface area contributed by atoms with E-state index in [9.17, 15) is 0 Å². The molecule has 1 unspecified atom stereocenters. The molecule has 0 saturated carbocycles. The number of nitrogens with one attached hydrogen (secondary N) is 1. The zero-order valence-electron chi connectivity index (χ0n) is 11.9. The second-order valence-corrected chi connectivity index (χ2v) is 4.88. The molecular formula is C15H22N4. The van der Waals surface area contributed by atoms with E-state index in [0.717, 1.165) is 25.1 Å². The van der Waals surface area contributed by atoms with Gasteiger partial charge >= 0.3 is 0 Å². The summed E-state index contributed by atoms with van der Waals surface area (Å²) in [7, 11) is 1.95. The van der Waals surface area contributed by atoms with Gasteiger partial charge in [-0.1, -0.05) is 13.0 Å². The first kappa shape index (κ1) is 13.7. The fourth-order valence-electron chi connectivity index (χ4n) is 2.36. The molecule has 0 amide bonds. The summed E-state index contributed by atoms with van der Waals surface area (Å²) in [6.07, 6.45) is 7.94. The van der Waals surface area contributed by atoms with Crippen molar-refractivity contribution in [2.45, 2.75) is 32.7 Å². The minimum Gasteiger partial charge on any atom is -0.309 e. The molecule has 102 valence electrons. The van der Waals surface area contributed by atoms with E-state index in [1.54, 1.807) is 0 Å². The maximum atomic E-state index is 4.53. The monoisotopic (exact) mass is 258 g/mol. The summed E-state index contributed by atoms with van der Waals surface area (Å²) in [6, 6.07) is 4.42. The van der Waals surface area contributed by atoms with Gasteiger partial charge in [0, 0.05) is 19.4 Å². The first-order valence-corrected chi connectivity index (χ1v) is 6.83. The lowest BCUT2D eigenvalue weighted by Gasteiger charge is -2.18. The molecule has 0 aliphatic heterocycles. The van der Waals surface area contributed by atoms with E-state index in [4.69, 9.17) is 0 Å². The second-order valence-electron chi connectivity index (χ2n) is 4.88. The quantitative estimate of drug-likeness (QED) is 0.865. The second kappa shape index (κ2) is 6.48. The van der Waals surface area contributed by atoms with Crippen LogP contribution >= 0.6 is 0 Å². The maximum absolute atomic E-state index is 4.53. The van der Waals surface area contributed by atoms with Crippen molar-refractivity contribution in [1.82, 2.24) is 20.1 Å². The van der Waals surface area contributed by atoms with Crippen LogP contribution < -0.4 is 5.32 Å². The van der Waals surface area contributed by atoms with Crippen LogP contribution in [0.2, 0.25) is 0 Å². The lowest BCUT2D eigenvalue weighted by molar-refractivity contribution is 0.501. The molecular weight excluding hydrogens is 236 g/mol. The molecule has 0 fully saturated rings. The van der Waals surface area contributed by atoms with E-state index >= 15 is 0 Å². The van der Waals surface area contributed by atoms with Crippen molar-refractivity contribution < 1.29 is 0 Å². The molecule has 2 rings (SSSR count). The Hall–Kier alpha value is -1.68. The summed E-state index contributed by atoms with van der Waals surface area (Å²) in [5.74, 6) is 0. The van der Waals surface area contributed by atoms with E-state index in [0.29, 0.717) is 6.04 Å². The van der Waals surface area contributed by atoms with Crippen LogP contribution in [-0.4, -0.2) is 21.3 Å². The lowest BCUT2D eigenvalue weighted by atomic mass is 10.0. The predicted octanol–water partition coefficient (Wildman–Crippen LogP) is 2.41. The Morgan fingerprint density at radius 1 is 1.42 bits per heavy atom. The van der Waals surface area contributed by atoms with Crippen molar-refractivity contribution in [2.24, 2.45) is 7.05 Å². The fraction of sp³-hybridized carbons (Fsp3) is 0.467. The average Bonchev–Trinajstić information content (AvgIpc) is 2.81. The van der Waals surface area contributed by atoms with Gasteiger partial charge in [0.25, 0.3) is 0 Å². The van der Waals surface area contributed by atoms with Crippen molar-refractivity contribution in [3.8, 4) is 0 Å². The van der Waals surface area contributed by atoms with Gasteiger partial charge in [0.05, 0.1) is 17.9 Å². The number of hydrogen-bond donors (Lipinski definition) is 1. The summed E-state index contributed by atoms with van der Waals surface area (Å²) in [5.41, 5.74) is 3.69. The lowest BCUT2D eigenvalue weighted by Crippen LogP contribution is -2.23. The summed E-state index contributed by atoms with van der Waals surface area (Å²) >= 11 is 0. The van der Waals surface area contributed by atoms with Crippen molar-refractivity contribution >= 4 is 0 Å². The van der Waals surface area contributed by atoms with Gasteiger partial charge in [-0.25, -0.2) is 0 Å². The van der Waals surface area contributed by atoms with E-state index in [1.165, 1.54) is 11.1 Å². The predicted molar refractivity (Wildman–Crippen MR) is 76.9 cm³/mol. The zero-order valence-corrected chi connectivity index (χ0v) is 11.9. The van der Waals surface area contributed by atoms with Crippen LogP contribution in [-0.2, 0) is 13.5 Å². The van der Waals surface area contributed by atoms with Crippen LogP contribution in [0.5, 0.6) is 0 Å². The van der Waals surface area contributed by atoms with Gasteiger partial charge in [-0.05, 0) is 43.5 Å². The van der Waals surface area contributed by atoms with Gasteiger partial charge in [-0.15, -0.1) is 0 Å². The van der Waals surface area contributed by atoms with E-state index < -0.39 is 0 Å². The highest BCUT2D eigenvalue weighted by molar-refractivity contribution is 5.21. The fourth-order valence-corrected chi connectivity index (χ4v) is 2.36. The Balaban J connectivity index is 2.06. The molecule has 2 heterocycles. The van der Waals surface area contributed by atoms with Gasteiger partial charge in [0.15, 0.2) is 0 Å². The largest absolute Gasteiger partial charge is 0.309 e. The molecule has 4 nitrogen and oxygen atoms in total. The highest BCUT2D eigenvalue weighted by Crippen LogP contribution is 2.20. The first-order chi connectivity index (χ1) is 9.20. The third-order valence-electron chi connectivity index (χ3n) is 3.31.